The van der Waals surface area contributed by atoms with Crippen LogP contribution in [0.2, 0.25) is 0 Å². The summed E-state index contributed by atoms with van der Waals surface area (Å²) in [5, 5.41) is 9.47. The maximum atomic E-state index is 12.8. The number of carbonyl (C=O) groups excluding carboxylic acids is 1. The van der Waals surface area contributed by atoms with E-state index >= 15 is 0 Å². The summed E-state index contributed by atoms with van der Waals surface area (Å²) in [7, 11) is 0. The molecule has 4 nitrogen and oxygen atoms in total. The minimum atomic E-state index is -0.748. The number of carbonyl (C=O) groups is 1. The third-order valence-electron chi connectivity index (χ3n) is 5.20. The number of hydrogen-bond donors (Lipinski definition) is 1. The molecule has 1 heterocycles. The molecule has 0 unspecified atom stereocenters. The summed E-state index contributed by atoms with van der Waals surface area (Å²) < 4.78 is 0. The van der Waals surface area contributed by atoms with Crippen LogP contribution in [0.1, 0.15) is 37.4 Å². The van der Waals surface area contributed by atoms with Crippen molar-refractivity contribution in [3.8, 4) is 6.07 Å². The van der Waals surface area contributed by atoms with E-state index in [0.29, 0.717) is 17.7 Å². The molecule has 2 saturated carbocycles. The summed E-state index contributed by atoms with van der Waals surface area (Å²) in [6.07, 6.45) is 4.56. The second-order valence-electron chi connectivity index (χ2n) is 6.39. The number of ketones is 1. The van der Waals surface area contributed by atoms with Crippen LogP contribution in [0.5, 0.6) is 0 Å². The summed E-state index contributed by atoms with van der Waals surface area (Å²) in [6.45, 7) is 0. The molecule has 0 spiro atoms. The highest BCUT2D eigenvalue weighted by molar-refractivity contribution is 5.91. The van der Waals surface area contributed by atoms with E-state index in [4.69, 9.17) is 0 Å². The van der Waals surface area contributed by atoms with Crippen molar-refractivity contribution in [3.05, 3.63) is 30.1 Å². The van der Waals surface area contributed by atoms with Crippen molar-refractivity contribution in [3.63, 3.8) is 0 Å². The van der Waals surface area contributed by atoms with Gasteiger partial charge in [-0.05, 0) is 43.2 Å². The van der Waals surface area contributed by atoms with Gasteiger partial charge >= 0.3 is 0 Å². The summed E-state index contributed by atoms with van der Waals surface area (Å²) in [4.78, 5) is 20.3. The molecule has 1 aromatic heterocycles. The molecule has 4 heteroatoms. The lowest BCUT2D eigenvalue weighted by Gasteiger charge is -2.21. The fourth-order valence-electron chi connectivity index (χ4n) is 4.18. The monoisotopic (exact) mass is 279 g/mol. The van der Waals surface area contributed by atoms with Gasteiger partial charge in [-0.25, -0.2) is 4.98 Å². The van der Waals surface area contributed by atoms with Gasteiger partial charge in [0.05, 0.1) is 17.1 Å². The summed E-state index contributed by atoms with van der Waals surface area (Å²) in [5.74, 6) is 1.11. The van der Waals surface area contributed by atoms with Crippen LogP contribution < -0.4 is 0 Å². The highest BCUT2D eigenvalue weighted by atomic mass is 16.1. The number of imidazole rings is 1. The van der Waals surface area contributed by atoms with Crippen LogP contribution in [0, 0.1) is 29.1 Å². The number of rotatable bonds is 3. The zero-order valence-corrected chi connectivity index (χ0v) is 11.7. The molecule has 2 aliphatic carbocycles. The van der Waals surface area contributed by atoms with Gasteiger partial charge in [-0.15, -0.1) is 0 Å². The van der Waals surface area contributed by atoms with Crippen LogP contribution in [0.4, 0.5) is 0 Å². The Morgan fingerprint density at radius 2 is 2.19 bits per heavy atom. The van der Waals surface area contributed by atoms with Gasteiger partial charge < -0.3 is 4.98 Å². The van der Waals surface area contributed by atoms with Gasteiger partial charge in [-0.3, -0.25) is 4.79 Å². The zero-order valence-electron chi connectivity index (χ0n) is 11.7. The molecule has 1 aromatic carbocycles. The Kier molecular flexibility index (Phi) is 2.81. The van der Waals surface area contributed by atoms with Crippen molar-refractivity contribution in [1.82, 2.24) is 9.97 Å². The number of Topliss-reactive ketones (excluding diaryl/α,β-unsaturated/α-hetero) is 1. The molecule has 4 atom stereocenters. The van der Waals surface area contributed by atoms with Crippen LogP contribution in [0.15, 0.2) is 24.3 Å². The Bertz CT molecular complexity index is 709. The first-order valence-electron chi connectivity index (χ1n) is 7.64. The fraction of sp³-hybridized carbons (Fsp3) is 0.471. The Hall–Kier alpha value is -2.15. The lowest BCUT2D eigenvalue weighted by molar-refractivity contribution is -0.124. The van der Waals surface area contributed by atoms with Crippen LogP contribution >= 0.6 is 0 Å². The van der Waals surface area contributed by atoms with Crippen molar-refractivity contribution in [1.29, 1.82) is 5.26 Å². The number of hydrogen-bond acceptors (Lipinski definition) is 3. The second kappa shape index (κ2) is 4.70. The molecule has 2 aliphatic rings. The largest absolute Gasteiger partial charge is 0.340 e. The zero-order chi connectivity index (χ0) is 14.4. The van der Waals surface area contributed by atoms with E-state index in [2.05, 4.69) is 16.0 Å². The van der Waals surface area contributed by atoms with Crippen molar-refractivity contribution in [2.75, 3.05) is 0 Å². The SMILES string of the molecule is N#C[C@@H](C(=O)[C@H]1C[C@H]2CC[C@H]1C2)c1nc2ccccc2[nH]1. The molecule has 0 aliphatic heterocycles. The molecular weight excluding hydrogens is 262 g/mol. The first-order chi connectivity index (χ1) is 10.3. The average molecular weight is 279 g/mol. The molecule has 106 valence electrons. The van der Waals surface area contributed by atoms with E-state index in [1.807, 2.05) is 24.3 Å². The van der Waals surface area contributed by atoms with Crippen molar-refractivity contribution < 1.29 is 4.79 Å². The van der Waals surface area contributed by atoms with Crippen molar-refractivity contribution >= 4 is 16.8 Å². The standard InChI is InChI=1S/C17H17N3O/c18-9-13(16(21)12-8-10-5-6-11(12)7-10)17-19-14-3-1-2-4-15(14)20-17/h1-4,10-13H,5-8H2,(H,19,20)/t10-,11-,12-,13-/m0/s1. The number of nitriles is 1. The molecule has 2 aromatic rings. The molecule has 0 saturated heterocycles. The van der Waals surface area contributed by atoms with E-state index in [-0.39, 0.29) is 11.7 Å². The molecule has 2 bridgehead atoms. The normalized spacial score (nSPS) is 28.6. The van der Waals surface area contributed by atoms with Gasteiger partial charge in [0.25, 0.3) is 0 Å². The Morgan fingerprint density at radius 1 is 1.33 bits per heavy atom. The van der Waals surface area contributed by atoms with Gasteiger partial charge in [0.15, 0.2) is 11.7 Å². The highest BCUT2D eigenvalue weighted by Gasteiger charge is 2.45. The molecule has 21 heavy (non-hydrogen) atoms. The van der Waals surface area contributed by atoms with E-state index in [0.717, 1.165) is 23.9 Å². The third-order valence-corrected chi connectivity index (χ3v) is 5.20. The second-order valence-corrected chi connectivity index (χ2v) is 6.39. The third kappa shape index (κ3) is 1.96. The summed E-state index contributed by atoms with van der Waals surface area (Å²) >= 11 is 0. The van der Waals surface area contributed by atoms with Crippen LogP contribution in [0.25, 0.3) is 11.0 Å². The van der Waals surface area contributed by atoms with Gasteiger partial charge in [-0.1, -0.05) is 18.6 Å². The topological polar surface area (TPSA) is 69.5 Å². The first-order valence-corrected chi connectivity index (χ1v) is 7.64. The lowest BCUT2D eigenvalue weighted by Crippen LogP contribution is -2.26. The van der Waals surface area contributed by atoms with Gasteiger partial charge in [0.2, 0.25) is 0 Å². The van der Waals surface area contributed by atoms with Gasteiger partial charge in [0.1, 0.15) is 5.82 Å². The molecule has 4 rings (SSSR count). The van der Waals surface area contributed by atoms with E-state index in [1.165, 1.54) is 12.8 Å². The fourth-order valence-corrected chi connectivity index (χ4v) is 4.18. The van der Waals surface area contributed by atoms with E-state index < -0.39 is 5.92 Å². The van der Waals surface area contributed by atoms with Gasteiger partial charge in [-0.2, -0.15) is 5.26 Å². The van der Waals surface area contributed by atoms with Crippen LogP contribution in [-0.2, 0) is 4.79 Å². The number of nitrogens with zero attached hydrogens (tertiary/aromatic N) is 2. The number of aromatic amines is 1. The highest BCUT2D eigenvalue weighted by Crippen LogP contribution is 2.49. The quantitative estimate of drug-likeness (QED) is 0.938. The maximum Gasteiger partial charge on any atom is 0.162 e. The lowest BCUT2D eigenvalue weighted by atomic mass is 9.81. The molecule has 0 amide bonds. The minimum absolute atomic E-state index is 0.0709. The number of para-hydroxylation sites is 2. The van der Waals surface area contributed by atoms with Crippen molar-refractivity contribution in [2.24, 2.45) is 17.8 Å². The predicted molar refractivity (Wildman–Crippen MR) is 78.4 cm³/mol. The smallest absolute Gasteiger partial charge is 0.162 e. The predicted octanol–water partition coefficient (Wildman–Crippen LogP) is 3.18. The Labute approximate surface area is 123 Å². The van der Waals surface area contributed by atoms with Crippen LogP contribution in [0.3, 0.4) is 0 Å². The number of nitrogens with one attached hydrogen (secondary N) is 1. The number of fused-ring (bicyclic) bond motifs is 3. The minimum Gasteiger partial charge on any atom is -0.340 e. The molecule has 2 fully saturated rings. The number of benzene rings is 1. The number of aromatic nitrogens is 2. The molecule has 0 radical (unpaired) electrons. The van der Waals surface area contributed by atoms with Crippen molar-refractivity contribution in [2.45, 2.75) is 31.6 Å². The van der Waals surface area contributed by atoms with E-state index in [1.54, 1.807) is 0 Å². The van der Waals surface area contributed by atoms with Crippen LogP contribution in [-0.4, -0.2) is 15.8 Å². The molecular formula is C17H17N3O. The maximum absolute atomic E-state index is 12.8. The summed E-state index contributed by atoms with van der Waals surface area (Å²) in [5.41, 5.74) is 1.70. The Balaban J connectivity index is 1.65. The Morgan fingerprint density at radius 3 is 2.86 bits per heavy atom. The van der Waals surface area contributed by atoms with E-state index in [9.17, 15) is 10.1 Å². The average Bonchev–Trinajstić information content (AvgIpc) is 3.22. The summed E-state index contributed by atoms with van der Waals surface area (Å²) in [6, 6.07) is 9.81. The first kappa shape index (κ1) is 12.6. The van der Waals surface area contributed by atoms with Gasteiger partial charge in [0, 0.05) is 5.92 Å². The number of H-pyrrole nitrogens is 1. The molecule has 1 N–H and O–H groups in total.